The number of ketones is 1. The van der Waals surface area contributed by atoms with Gasteiger partial charge in [-0.2, -0.15) is 0 Å². The molecule has 2 nitrogen and oxygen atoms in total. The molecule has 2 rings (SSSR count). The van der Waals surface area contributed by atoms with Gasteiger partial charge in [0.15, 0.2) is 5.78 Å². The van der Waals surface area contributed by atoms with Gasteiger partial charge < -0.3 is 0 Å². The monoisotopic (exact) mass is 307 g/mol. The van der Waals surface area contributed by atoms with Crippen LogP contribution in [0.15, 0.2) is 41.0 Å². The van der Waals surface area contributed by atoms with E-state index in [2.05, 4.69) is 20.9 Å². The highest BCUT2D eigenvalue weighted by atomic mass is 79.9. The van der Waals surface area contributed by atoms with E-state index in [4.69, 9.17) is 0 Å². The van der Waals surface area contributed by atoms with E-state index < -0.39 is 5.82 Å². The maximum Gasteiger partial charge on any atom is 0.171 e. The molecular formula is C14H11BrFNO. The van der Waals surface area contributed by atoms with Gasteiger partial charge in [0.25, 0.3) is 0 Å². The summed E-state index contributed by atoms with van der Waals surface area (Å²) in [5, 5.41) is 0. The largest absolute Gasteiger partial charge is 0.294 e. The second-order valence-electron chi connectivity index (χ2n) is 4.05. The van der Waals surface area contributed by atoms with E-state index in [1.165, 1.54) is 12.1 Å². The van der Waals surface area contributed by atoms with E-state index in [0.717, 1.165) is 5.56 Å². The normalized spacial score (nSPS) is 10.4. The quantitative estimate of drug-likeness (QED) is 0.809. The van der Waals surface area contributed by atoms with Crippen LogP contribution in [0.4, 0.5) is 4.39 Å². The standard InChI is InChI=1S/C14H11BrFNO/c1-9-2-4-11(17-8-9)7-14(18)12-6-10(15)3-5-13(12)16/h2-6,8H,7H2,1H3. The number of hydrogen-bond donors (Lipinski definition) is 0. The molecule has 0 saturated carbocycles. The molecule has 0 fully saturated rings. The third kappa shape index (κ3) is 3.01. The van der Waals surface area contributed by atoms with Crippen molar-refractivity contribution in [3.63, 3.8) is 0 Å². The Morgan fingerprint density at radius 2 is 2.11 bits per heavy atom. The Labute approximate surface area is 113 Å². The topological polar surface area (TPSA) is 30.0 Å². The zero-order chi connectivity index (χ0) is 13.1. The molecule has 1 aromatic carbocycles. The van der Waals surface area contributed by atoms with E-state index in [9.17, 15) is 9.18 Å². The average Bonchev–Trinajstić information content (AvgIpc) is 2.35. The highest BCUT2D eigenvalue weighted by Crippen LogP contribution is 2.17. The number of rotatable bonds is 3. The predicted octanol–water partition coefficient (Wildman–Crippen LogP) is 3.72. The van der Waals surface area contributed by atoms with Crippen LogP contribution < -0.4 is 0 Å². The van der Waals surface area contributed by atoms with Crippen LogP contribution in [0.3, 0.4) is 0 Å². The third-order valence-electron chi connectivity index (χ3n) is 2.54. The third-order valence-corrected chi connectivity index (χ3v) is 3.04. The van der Waals surface area contributed by atoms with Gasteiger partial charge in [-0.25, -0.2) is 4.39 Å². The Hall–Kier alpha value is -1.55. The molecule has 0 aliphatic rings. The van der Waals surface area contributed by atoms with Crippen molar-refractivity contribution in [1.29, 1.82) is 0 Å². The van der Waals surface area contributed by atoms with Crippen molar-refractivity contribution >= 4 is 21.7 Å². The Morgan fingerprint density at radius 3 is 2.78 bits per heavy atom. The molecule has 0 saturated heterocycles. The second kappa shape index (κ2) is 5.40. The zero-order valence-electron chi connectivity index (χ0n) is 9.78. The van der Waals surface area contributed by atoms with E-state index >= 15 is 0 Å². The summed E-state index contributed by atoms with van der Waals surface area (Å²) in [6.07, 6.45) is 1.80. The number of hydrogen-bond acceptors (Lipinski definition) is 2. The summed E-state index contributed by atoms with van der Waals surface area (Å²) < 4.78 is 14.2. The summed E-state index contributed by atoms with van der Waals surface area (Å²) in [5.74, 6) is -0.777. The molecule has 18 heavy (non-hydrogen) atoms. The molecule has 92 valence electrons. The Balaban J connectivity index is 2.21. The van der Waals surface area contributed by atoms with E-state index in [0.29, 0.717) is 10.2 Å². The van der Waals surface area contributed by atoms with Crippen molar-refractivity contribution in [1.82, 2.24) is 4.98 Å². The average molecular weight is 308 g/mol. The Bertz CT molecular complexity index is 581. The summed E-state index contributed by atoms with van der Waals surface area (Å²) in [7, 11) is 0. The number of pyridine rings is 1. The van der Waals surface area contributed by atoms with Gasteiger partial charge in [0.1, 0.15) is 5.82 Å². The van der Waals surface area contributed by atoms with E-state index in [1.807, 2.05) is 13.0 Å². The molecule has 1 heterocycles. The van der Waals surface area contributed by atoms with Gasteiger partial charge in [-0.3, -0.25) is 9.78 Å². The summed E-state index contributed by atoms with van der Waals surface area (Å²) in [5.41, 5.74) is 1.76. The molecule has 0 bridgehead atoms. The SMILES string of the molecule is Cc1ccc(CC(=O)c2cc(Br)ccc2F)nc1. The molecule has 0 radical (unpaired) electrons. The smallest absolute Gasteiger partial charge is 0.171 e. The minimum Gasteiger partial charge on any atom is -0.294 e. The number of benzene rings is 1. The van der Waals surface area contributed by atoms with Crippen LogP contribution in [0, 0.1) is 12.7 Å². The van der Waals surface area contributed by atoms with E-state index in [-0.39, 0.29) is 17.8 Å². The van der Waals surface area contributed by atoms with Crippen LogP contribution in [0.25, 0.3) is 0 Å². The van der Waals surface area contributed by atoms with Gasteiger partial charge in [0, 0.05) is 16.4 Å². The first-order valence-electron chi connectivity index (χ1n) is 5.46. The fraction of sp³-hybridized carbons (Fsp3) is 0.143. The summed E-state index contributed by atoms with van der Waals surface area (Å²) in [6.45, 7) is 1.92. The molecule has 0 unspecified atom stereocenters. The van der Waals surface area contributed by atoms with Crippen molar-refractivity contribution in [3.05, 3.63) is 63.6 Å². The van der Waals surface area contributed by atoms with Crippen LogP contribution in [-0.4, -0.2) is 10.8 Å². The van der Waals surface area contributed by atoms with Gasteiger partial charge in [-0.05, 0) is 36.8 Å². The maximum atomic E-state index is 13.5. The second-order valence-corrected chi connectivity index (χ2v) is 4.97. The lowest BCUT2D eigenvalue weighted by Gasteiger charge is -2.03. The van der Waals surface area contributed by atoms with Crippen molar-refractivity contribution in [2.24, 2.45) is 0 Å². The highest BCUT2D eigenvalue weighted by Gasteiger charge is 2.13. The van der Waals surface area contributed by atoms with Gasteiger partial charge in [-0.1, -0.05) is 22.0 Å². The number of halogens is 2. The molecule has 0 N–H and O–H groups in total. The number of aryl methyl sites for hydroxylation is 1. The number of carbonyl (C=O) groups excluding carboxylic acids is 1. The highest BCUT2D eigenvalue weighted by molar-refractivity contribution is 9.10. The zero-order valence-corrected chi connectivity index (χ0v) is 11.4. The van der Waals surface area contributed by atoms with Crippen molar-refractivity contribution in [3.8, 4) is 0 Å². The fourth-order valence-electron chi connectivity index (χ4n) is 1.57. The molecular weight excluding hydrogens is 297 g/mol. The maximum absolute atomic E-state index is 13.5. The number of carbonyl (C=O) groups is 1. The van der Waals surface area contributed by atoms with Crippen LogP contribution in [0.2, 0.25) is 0 Å². The Morgan fingerprint density at radius 1 is 1.33 bits per heavy atom. The Kier molecular flexibility index (Phi) is 3.87. The van der Waals surface area contributed by atoms with Crippen molar-refractivity contribution in [2.75, 3.05) is 0 Å². The van der Waals surface area contributed by atoms with Gasteiger partial charge >= 0.3 is 0 Å². The predicted molar refractivity (Wildman–Crippen MR) is 71.1 cm³/mol. The molecule has 0 atom stereocenters. The molecule has 0 aliphatic heterocycles. The van der Waals surface area contributed by atoms with Crippen LogP contribution in [0.1, 0.15) is 21.6 Å². The molecule has 0 amide bonds. The lowest BCUT2D eigenvalue weighted by atomic mass is 10.1. The van der Waals surface area contributed by atoms with Crippen molar-refractivity contribution < 1.29 is 9.18 Å². The minimum atomic E-state index is -0.504. The molecule has 1 aromatic heterocycles. The number of aromatic nitrogens is 1. The van der Waals surface area contributed by atoms with Crippen LogP contribution >= 0.6 is 15.9 Å². The van der Waals surface area contributed by atoms with Gasteiger partial charge in [-0.15, -0.1) is 0 Å². The lowest BCUT2D eigenvalue weighted by molar-refractivity contribution is 0.0988. The van der Waals surface area contributed by atoms with Gasteiger partial charge in [0.05, 0.1) is 12.0 Å². The fourth-order valence-corrected chi connectivity index (χ4v) is 1.93. The van der Waals surface area contributed by atoms with E-state index in [1.54, 1.807) is 18.3 Å². The summed E-state index contributed by atoms with van der Waals surface area (Å²) >= 11 is 3.23. The van der Waals surface area contributed by atoms with Crippen LogP contribution in [0.5, 0.6) is 0 Å². The molecule has 4 heteroatoms. The summed E-state index contributed by atoms with van der Waals surface area (Å²) in [4.78, 5) is 16.1. The van der Waals surface area contributed by atoms with Gasteiger partial charge in [0.2, 0.25) is 0 Å². The van der Waals surface area contributed by atoms with Crippen LogP contribution in [-0.2, 0) is 6.42 Å². The number of nitrogens with zero attached hydrogens (tertiary/aromatic N) is 1. The first-order chi connectivity index (χ1) is 8.56. The molecule has 0 spiro atoms. The lowest BCUT2D eigenvalue weighted by Crippen LogP contribution is -2.07. The minimum absolute atomic E-state index is 0.0896. The summed E-state index contributed by atoms with van der Waals surface area (Å²) in [6, 6.07) is 8.00. The first-order valence-corrected chi connectivity index (χ1v) is 6.25. The first kappa shape index (κ1) is 12.9. The number of Topliss-reactive ketones (excluding diaryl/α,β-unsaturated/α-hetero) is 1. The molecule has 2 aromatic rings. The molecule has 0 aliphatic carbocycles. The van der Waals surface area contributed by atoms with Crippen molar-refractivity contribution in [2.45, 2.75) is 13.3 Å².